The van der Waals surface area contributed by atoms with Gasteiger partial charge in [-0.1, -0.05) is 11.6 Å². The minimum atomic E-state index is -4.46. The van der Waals surface area contributed by atoms with Gasteiger partial charge in [0.15, 0.2) is 0 Å². The van der Waals surface area contributed by atoms with Crippen LogP contribution < -0.4 is 10.6 Å². The Balaban J connectivity index is 2.18. The van der Waals surface area contributed by atoms with Crippen LogP contribution in [-0.4, -0.2) is 16.4 Å². The van der Waals surface area contributed by atoms with Gasteiger partial charge in [0.1, 0.15) is 5.69 Å². The normalized spacial score (nSPS) is 12.0. The zero-order valence-electron chi connectivity index (χ0n) is 13.8. The van der Waals surface area contributed by atoms with Crippen LogP contribution in [0.4, 0.5) is 24.5 Å². The summed E-state index contributed by atoms with van der Waals surface area (Å²) in [4.78, 5) is 16.0. The molecule has 25 heavy (non-hydrogen) atoms. The first-order valence-electron chi connectivity index (χ1n) is 7.38. The molecule has 0 aliphatic carbocycles. The van der Waals surface area contributed by atoms with Crippen LogP contribution in [0.1, 0.15) is 36.8 Å². The number of amides is 1. The van der Waals surface area contributed by atoms with E-state index < -0.39 is 17.3 Å². The molecule has 0 saturated heterocycles. The maximum Gasteiger partial charge on any atom is 0.416 e. The van der Waals surface area contributed by atoms with Crippen molar-refractivity contribution in [2.24, 2.45) is 0 Å². The molecule has 2 N–H and O–H groups in total. The van der Waals surface area contributed by atoms with Crippen molar-refractivity contribution in [2.45, 2.75) is 32.5 Å². The molecule has 1 aromatic heterocycles. The molecule has 0 unspecified atom stereocenters. The van der Waals surface area contributed by atoms with E-state index in [0.29, 0.717) is 5.69 Å². The monoisotopic (exact) mass is 371 g/mol. The minimum Gasteiger partial charge on any atom is -0.353 e. The van der Waals surface area contributed by atoms with Crippen molar-refractivity contribution < 1.29 is 18.0 Å². The lowest BCUT2D eigenvalue weighted by molar-refractivity contribution is -0.137. The van der Waals surface area contributed by atoms with Crippen molar-refractivity contribution in [3.63, 3.8) is 0 Å². The van der Waals surface area contributed by atoms with E-state index in [-0.39, 0.29) is 22.3 Å². The summed E-state index contributed by atoms with van der Waals surface area (Å²) in [6.07, 6.45) is -3.11. The van der Waals surface area contributed by atoms with Crippen molar-refractivity contribution in [3.8, 4) is 0 Å². The third-order valence-corrected chi connectivity index (χ3v) is 3.39. The third-order valence-electron chi connectivity index (χ3n) is 3.06. The number of pyridine rings is 1. The Morgan fingerprint density at radius 3 is 2.32 bits per heavy atom. The lowest BCUT2D eigenvalue weighted by Crippen LogP contribution is -2.40. The molecule has 2 aromatic rings. The van der Waals surface area contributed by atoms with Gasteiger partial charge < -0.3 is 10.6 Å². The molecule has 1 amide bonds. The molecule has 0 radical (unpaired) electrons. The van der Waals surface area contributed by atoms with Crippen molar-refractivity contribution >= 4 is 28.9 Å². The summed E-state index contributed by atoms with van der Waals surface area (Å²) in [5.74, 6) is -0.337. The summed E-state index contributed by atoms with van der Waals surface area (Å²) in [5, 5.41) is 5.68. The van der Waals surface area contributed by atoms with Gasteiger partial charge in [0.05, 0.1) is 28.2 Å². The number of carbonyl (C=O) groups is 1. The Labute approximate surface area is 148 Å². The molecule has 134 valence electrons. The highest BCUT2D eigenvalue weighted by atomic mass is 35.5. The molecule has 8 heteroatoms. The van der Waals surface area contributed by atoms with Gasteiger partial charge in [-0.3, -0.25) is 4.79 Å². The standard InChI is InChI=1S/C17H17ClF3N3O/c1-16(2,3)24-15(25)13-7-5-11(9-22-13)23-14-8-10(17(19,20)21)4-6-12(14)18/h4-9,23H,1-3H3,(H,24,25). The fourth-order valence-corrected chi connectivity index (χ4v) is 2.12. The van der Waals surface area contributed by atoms with Gasteiger partial charge in [0, 0.05) is 5.54 Å². The number of anilines is 2. The van der Waals surface area contributed by atoms with Crippen molar-refractivity contribution in [1.82, 2.24) is 10.3 Å². The van der Waals surface area contributed by atoms with Crippen molar-refractivity contribution in [1.29, 1.82) is 0 Å². The van der Waals surface area contributed by atoms with Crippen molar-refractivity contribution in [3.05, 3.63) is 52.8 Å². The second-order valence-electron chi connectivity index (χ2n) is 6.45. The molecule has 1 heterocycles. The lowest BCUT2D eigenvalue weighted by Gasteiger charge is -2.20. The average molecular weight is 372 g/mol. The van der Waals surface area contributed by atoms with Gasteiger partial charge in [0.2, 0.25) is 0 Å². The molecule has 1 aromatic carbocycles. The van der Waals surface area contributed by atoms with Gasteiger partial charge in [-0.25, -0.2) is 4.98 Å². The molecule has 0 atom stereocenters. The maximum absolute atomic E-state index is 12.8. The van der Waals surface area contributed by atoms with Gasteiger partial charge in [-0.2, -0.15) is 13.2 Å². The first kappa shape index (κ1) is 19.1. The number of aromatic nitrogens is 1. The molecular formula is C17H17ClF3N3O. The number of hydrogen-bond acceptors (Lipinski definition) is 3. The predicted molar refractivity (Wildman–Crippen MR) is 91.2 cm³/mol. The summed E-state index contributed by atoms with van der Waals surface area (Å²) in [5.41, 5.74) is -0.496. The van der Waals surface area contributed by atoms with Crippen LogP contribution in [0.15, 0.2) is 36.5 Å². The fraction of sp³-hybridized carbons (Fsp3) is 0.294. The highest BCUT2D eigenvalue weighted by Crippen LogP contribution is 2.34. The van der Waals surface area contributed by atoms with E-state index in [1.165, 1.54) is 18.3 Å². The third kappa shape index (κ3) is 5.35. The number of nitrogens with zero attached hydrogens (tertiary/aromatic N) is 1. The van der Waals surface area contributed by atoms with Gasteiger partial charge >= 0.3 is 6.18 Å². The SMILES string of the molecule is CC(C)(C)NC(=O)c1ccc(Nc2cc(C(F)(F)F)ccc2Cl)cn1. The van der Waals surface area contributed by atoms with Gasteiger partial charge in [-0.05, 0) is 51.1 Å². The zero-order valence-corrected chi connectivity index (χ0v) is 14.6. The number of nitrogens with one attached hydrogen (secondary N) is 2. The summed E-state index contributed by atoms with van der Waals surface area (Å²) in [6, 6.07) is 6.02. The van der Waals surface area contributed by atoms with E-state index in [0.717, 1.165) is 12.1 Å². The van der Waals surface area contributed by atoms with E-state index in [9.17, 15) is 18.0 Å². The van der Waals surface area contributed by atoms with Crippen LogP contribution in [0, 0.1) is 0 Å². The Morgan fingerprint density at radius 2 is 1.80 bits per heavy atom. The Morgan fingerprint density at radius 1 is 1.12 bits per heavy atom. The Kier molecular flexibility index (Phi) is 5.27. The molecular weight excluding hydrogens is 355 g/mol. The van der Waals surface area contributed by atoms with E-state index in [1.54, 1.807) is 6.07 Å². The number of alkyl halides is 3. The molecule has 0 aliphatic rings. The molecule has 2 rings (SSSR count). The molecule has 0 aliphatic heterocycles. The number of benzene rings is 1. The van der Waals surface area contributed by atoms with Crippen LogP contribution in [-0.2, 0) is 6.18 Å². The largest absolute Gasteiger partial charge is 0.416 e. The van der Waals surface area contributed by atoms with E-state index in [2.05, 4.69) is 15.6 Å². The second kappa shape index (κ2) is 6.92. The number of halogens is 4. The first-order chi connectivity index (χ1) is 11.5. The number of rotatable bonds is 3. The highest BCUT2D eigenvalue weighted by Gasteiger charge is 2.31. The van der Waals surface area contributed by atoms with Crippen LogP contribution in [0.3, 0.4) is 0 Å². The lowest BCUT2D eigenvalue weighted by atomic mass is 10.1. The van der Waals surface area contributed by atoms with Crippen LogP contribution in [0.2, 0.25) is 5.02 Å². The molecule has 0 saturated carbocycles. The zero-order chi connectivity index (χ0) is 18.8. The topological polar surface area (TPSA) is 54.0 Å². The van der Waals surface area contributed by atoms with E-state index in [4.69, 9.17) is 11.6 Å². The average Bonchev–Trinajstić information content (AvgIpc) is 2.47. The van der Waals surface area contributed by atoms with Crippen molar-refractivity contribution in [2.75, 3.05) is 5.32 Å². The number of carbonyl (C=O) groups excluding carboxylic acids is 1. The summed E-state index contributed by atoms with van der Waals surface area (Å²) in [7, 11) is 0. The molecule has 0 fully saturated rings. The van der Waals surface area contributed by atoms with Crippen LogP contribution in [0.25, 0.3) is 0 Å². The summed E-state index contributed by atoms with van der Waals surface area (Å²) < 4.78 is 38.4. The maximum atomic E-state index is 12.8. The number of hydrogen-bond donors (Lipinski definition) is 2. The smallest absolute Gasteiger partial charge is 0.353 e. The van der Waals surface area contributed by atoms with Gasteiger partial charge in [-0.15, -0.1) is 0 Å². The fourth-order valence-electron chi connectivity index (χ4n) is 1.96. The van der Waals surface area contributed by atoms with E-state index in [1.807, 2.05) is 20.8 Å². The van der Waals surface area contributed by atoms with E-state index >= 15 is 0 Å². The molecule has 4 nitrogen and oxygen atoms in total. The Bertz CT molecular complexity index is 768. The Hall–Kier alpha value is -2.28. The quantitative estimate of drug-likeness (QED) is 0.796. The van der Waals surface area contributed by atoms with Crippen LogP contribution >= 0.6 is 11.6 Å². The van der Waals surface area contributed by atoms with Gasteiger partial charge in [0.25, 0.3) is 5.91 Å². The minimum absolute atomic E-state index is 0.102. The first-order valence-corrected chi connectivity index (χ1v) is 7.76. The molecule has 0 spiro atoms. The molecule has 0 bridgehead atoms. The highest BCUT2D eigenvalue weighted by molar-refractivity contribution is 6.33. The predicted octanol–water partition coefficient (Wildman–Crippen LogP) is 5.03. The summed E-state index contributed by atoms with van der Waals surface area (Å²) >= 11 is 5.94. The summed E-state index contributed by atoms with van der Waals surface area (Å²) in [6.45, 7) is 5.53. The van der Waals surface area contributed by atoms with Crippen LogP contribution in [0.5, 0.6) is 0 Å². The second-order valence-corrected chi connectivity index (χ2v) is 6.86.